The van der Waals surface area contributed by atoms with Gasteiger partial charge in [-0.05, 0) is 36.2 Å². The Balaban J connectivity index is 1.58. The molecule has 2 aromatic rings. The number of hydrogen-bond donors (Lipinski definition) is 2. The van der Waals surface area contributed by atoms with E-state index in [2.05, 4.69) is 28.8 Å². The van der Waals surface area contributed by atoms with Crippen LogP contribution in [0.1, 0.15) is 24.2 Å². The van der Waals surface area contributed by atoms with Gasteiger partial charge in [-0.25, -0.2) is 8.42 Å². The molecule has 1 saturated heterocycles. The van der Waals surface area contributed by atoms with E-state index in [4.69, 9.17) is 4.74 Å². The van der Waals surface area contributed by atoms with Crippen LogP contribution in [0.4, 0.5) is 5.69 Å². The molecule has 1 aliphatic heterocycles. The maximum atomic E-state index is 12.6. The first-order valence-corrected chi connectivity index (χ1v) is 11.6. The number of carbonyl (C=O) groups excluding carboxylic acids is 1. The Morgan fingerprint density at radius 1 is 1.17 bits per heavy atom. The third-order valence-electron chi connectivity index (χ3n) is 4.77. The molecule has 0 aliphatic carbocycles. The number of carbonyl (C=O) groups is 1. The monoisotopic (exact) mass is 431 g/mol. The number of morpholine rings is 1. The maximum Gasteiger partial charge on any atom is 0.261 e. The second-order valence-corrected chi connectivity index (χ2v) is 9.54. The fraction of sp³-hybridized carbons (Fsp3) is 0.409. The van der Waals surface area contributed by atoms with Crippen molar-refractivity contribution in [2.45, 2.75) is 24.8 Å². The zero-order chi connectivity index (χ0) is 21.6. The van der Waals surface area contributed by atoms with Crippen molar-refractivity contribution in [1.29, 1.82) is 0 Å². The zero-order valence-electron chi connectivity index (χ0n) is 17.4. The molecule has 3 rings (SSSR count). The minimum atomic E-state index is -3.71. The number of ether oxygens (including phenoxy) is 1. The number of benzene rings is 2. The molecular formula is C22H29N3O4S. The first-order chi connectivity index (χ1) is 14.3. The lowest BCUT2D eigenvalue weighted by Gasteiger charge is -2.33. The van der Waals surface area contributed by atoms with E-state index in [9.17, 15) is 13.2 Å². The first kappa shape index (κ1) is 22.3. The lowest BCUT2D eigenvalue weighted by Crippen LogP contribution is -2.48. The van der Waals surface area contributed by atoms with E-state index in [1.165, 1.54) is 18.2 Å². The average molecular weight is 432 g/mol. The van der Waals surface area contributed by atoms with Crippen LogP contribution >= 0.6 is 0 Å². The van der Waals surface area contributed by atoms with Gasteiger partial charge in [0.2, 0.25) is 0 Å². The minimum absolute atomic E-state index is 0.0544. The van der Waals surface area contributed by atoms with Crippen molar-refractivity contribution < 1.29 is 17.9 Å². The Morgan fingerprint density at radius 3 is 2.67 bits per heavy atom. The summed E-state index contributed by atoms with van der Waals surface area (Å²) in [6.45, 7) is 8.15. The lowest BCUT2D eigenvalue weighted by atomic mass is 10.1. The van der Waals surface area contributed by atoms with Crippen LogP contribution in [0, 0.1) is 5.92 Å². The topological polar surface area (TPSA) is 87.7 Å². The molecule has 0 saturated carbocycles. The summed E-state index contributed by atoms with van der Waals surface area (Å²) in [6.07, 6.45) is -0.0544. The van der Waals surface area contributed by atoms with Crippen LogP contribution in [0.15, 0.2) is 59.5 Å². The molecule has 2 N–H and O–H groups in total. The second kappa shape index (κ2) is 10.1. The molecule has 8 heteroatoms. The Morgan fingerprint density at radius 2 is 1.93 bits per heavy atom. The number of nitrogens with one attached hydrogen (secondary N) is 2. The Hall–Kier alpha value is -2.42. The number of rotatable bonds is 8. The Bertz CT molecular complexity index is 948. The fourth-order valence-corrected chi connectivity index (χ4v) is 4.50. The van der Waals surface area contributed by atoms with E-state index in [0.29, 0.717) is 30.3 Å². The summed E-state index contributed by atoms with van der Waals surface area (Å²) >= 11 is 0. The van der Waals surface area contributed by atoms with Crippen molar-refractivity contribution >= 4 is 21.6 Å². The van der Waals surface area contributed by atoms with E-state index < -0.39 is 10.0 Å². The minimum Gasteiger partial charge on any atom is -0.374 e. The normalized spacial score (nSPS) is 17.6. The van der Waals surface area contributed by atoms with Crippen molar-refractivity contribution in [3.63, 3.8) is 0 Å². The number of amides is 1. The molecule has 1 fully saturated rings. The van der Waals surface area contributed by atoms with Crippen molar-refractivity contribution in [2.24, 2.45) is 5.92 Å². The number of anilines is 1. The molecule has 162 valence electrons. The van der Waals surface area contributed by atoms with E-state index in [-0.39, 0.29) is 16.9 Å². The average Bonchev–Trinajstić information content (AvgIpc) is 2.72. The van der Waals surface area contributed by atoms with Crippen LogP contribution in [0.2, 0.25) is 0 Å². The van der Waals surface area contributed by atoms with E-state index in [1.807, 2.05) is 0 Å². The van der Waals surface area contributed by atoms with Gasteiger partial charge in [-0.2, -0.15) is 0 Å². The standard InChI is InChI=1S/C22H29N3O4S/c1-17(2)15-25-11-12-29-20(16-25)14-23-22(26)18-7-6-8-19(13-18)24-30(27,28)21-9-4-3-5-10-21/h3-10,13,17,20,24H,11-12,14-16H2,1-2H3,(H,23,26). The maximum absolute atomic E-state index is 12.6. The molecule has 2 aromatic carbocycles. The quantitative estimate of drug-likeness (QED) is 0.671. The third-order valence-corrected chi connectivity index (χ3v) is 6.16. The summed E-state index contributed by atoms with van der Waals surface area (Å²) in [5.74, 6) is 0.320. The number of hydrogen-bond acceptors (Lipinski definition) is 5. The number of sulfonamides is 1. The summed E-state index contributed by atoms with van der Waals surface area (Å²) in [6, 6.07) is 14.6. The molecule has 1 heterocycles. The van der Waals surface area contributed by atoms with E-state index >= 15 is 0 Å². The zero-order valence-corrected chi connectivity index (χ0v) is 18.2. The largest absolute Gasteiger partial charge is 0.374 e. The highest BCUT2D eigenvalue weighted by atomic mass is 32.2. The van der Waals surface area contributed by atoms with Crippen LogP contribution in [0.5, 0.6) is 0 Å². The smallest absolute Gasteiger partial charge is 0.261 e. The van der Waals surface area contributed by atoms with Gasteiger partial charge in [-0.15, -0.1) is 0 Å². The van der Waals surface area contributed by atoms with Crippen molar-refractivity contribution in [2.75, 3.05) is 37.5 Å². The summed E-state index contributed by atoms with van der Waals surface area (Å²) in [4.78, 5) is 15.1. The van der Waals surface area contributed by atoms with Gasteiger partial charge in [0.1, 0.15) is 0 Å². The molecule has 1 amide bonds. The van der Waals surface area contributed by atoms with Crippen LogP contribution in [-0.2, 0) is 14.8 Å². The van der Waals surface area contributed by atoms with Crippen LogP contribution < -0.4 is 10.0 Å². The molecule has 30 heavy (non-hydrogen) atoms. The molecule has 1 atom stereocenters. The highest BCUT2D eigenvalue weighted by Gasteiger charge is 2.22. The van der Waals surface area contributed by atoms with Crippen LogP contribution in [0.3, 0.4) is 0 Å². The summed E-state index contributed by atoms with van der Waals surface area (Å²) in [5, 5.41) is 2.90. The number of nitrogens with zero attached hydrogens (tertiary/aromatic N) is 1. The SMILES string of the molecule is CC(C)CN1CCOC(CNC(=O)c2cccc(NS(=O)(=O)c3ccccc3)c2)C1. The first-order valence-electron chi connectivity index (χ1n) is 10.1. The summed E-state index contributed by atoms with van der Waals surface area (Å²) in [5.41, 5.74) is 0.724. The fourth-order valence-electron chi connectivity index (χ4n) is 3.43. The molecule has 0 radical (unpaired) electrons. The van der Waals surface area contributed by atoms with Gasteiger partial charge in [0.25, 0.3) is 15.9 Å². The van der Waals surface area contributed by atoms with Gasteiger partial charge in [-0.3, -0.25) is 14.4 Å². The molecule has 1 aliphatic rings. The van der Waals surface area contributed by atoms with Gasteiger partial charge in [0.05, 0.1) is 17.6 Å². The molecule has 1 unspecified atom stereocenters. The summed E-state index contributed by atoms with van der Waals surface area (Å²) < 4.78 is 33.3. The van der Waals surface area contributed by atoms with Gasteiger partial charge >= 0.3 is 0 Å². The van der Waals surface area contributed by atoms with Crippen LogP contribution in [-0.4, -0.2) is 58.1 Å². The second-order valence-electron chi connectivity index (χ2n) is 7.86. The Kier molecular flexibility index (Phi) is 7.47. The third kappa shape index (κ3) is 6.29. The predicted molar refractivity (Wildman–Crippen MR) is 117 cm³/mol. The highest BCUT2D eigenvalue weighted by molar-refractivity contribution is 7.92. The lowest BCUT2D eigenvalue weighted by molar-refractivity contribution is -0.0295. The van der Waals surface area contributed by atoms with Crippen molar-refractivity contribution in [1.82, 2.24) is 10.2 Å². The Labute approximate surface area is 178 Å². The van der Waals surface area contributed by atoms with Gasteiger partial charge in [0.15, 0.2) is 0 Å². The molecular weight excluding hydrogens is 402 g/mol. The van der Waals surface area contributed by atoms with Crippen molar-refractivity contribution in [3.05, 3.63) is 60.2 Å². The molecule has 0 spiro atoms. The van der Waals surface area contributed by atoms with E-state index in [0.717, 1.165) is 19.6 Å². The molecule has 0 aromatic heterocycles. The van der Waals surface area contributed by atoms with Crippen LogP contribution in [0.25, 0.3) is 0 Å². The predicted octanol–water partition coefficient (Wildman–Crippen LogP) is 2.57. The van der Waals surface area contributed by atoms with Gasteiger partial charge < -0.3 is 10.1 Å². The summed E-state index contributed by atoms with van der Waals surface area (Å²) in [7, 11) is -3.71. The van der Waals surface area contributed by atoms with Gasteiger partial charge in [0, 0.05) is 37.4 Å². The molecule has 7 nitrogen and oxygen atoms in total. The highest BCUT2D eigenvalue weighted by Crippen LogP contribution is 2.17. The van der Waals surface area contributed by atoms with E-state index in [1.54, 1.807) is 36.4 Å². The molecule has 0 bridgehead atoms. The van der Waals surface area contributed by atoms with Crippen molar-refractivity contribution in [3.8, 4) is 0 Å². The van der Waals surface area contributed by atoms with Gasteiger partial charge in [-0.1, -0.05) is 38.1 Å².